The van der Waals surface area contributed by atoms with Gasteiger partial charge in [0.05, 0.1) is 11.5 Å². The minimum absolute atomic E-state index is 0.172. The van der Waals surface area contributed by atoms with Gasteiger partial charge in [-0.2, -0.15) is 0 Å². The largest absolute Gasteiger partial charge is 0.316 e. The highest BCUT2D eigenvalue weighted by Crippen LogP contribution is 2.36. The molecule has 0 spiro atoms. The quantitative estimate of drug-likeness (QED) is 0.789. The van der Waals surface area contributed by atoms with Gasteiger partial charge in [-0.05, 0) is 31.7 Å². The maximum Gasteiger partial charge on any atom is 0.153 e. The third kappa shape index (κ3) is 4.93. The molecule has 4 nitrogen and oxygen atoms in total. The molecule has 0 aromatic heterocycles. The highest BCUT2D eigenvalue weighted by Gasteiger charge is 2.36. The second-order valence-electron chi connectivity index (χ2n) is 7.13. The van der Waals surface area contributed by atoms with Gasteiger partial charge in [-0.25, -0.2) is 8.42 Å². The molecule has 1 atom stereocenters. The average molecular weight is 317 g/mol. The van der Waals surface area contributed by atoms with Gasteiger partial charge in [0.2, 0.25) is 0 Å². The Hall–Kier alpha value is -0.130. The van der Waals surface area contributed by atoms with E-state index >= 15 is 0 Å². The highest BCUT2D eigenvalue weighted by atomic mass is 32.2. The van der Waals surface area contributed by atoms with Crippen molar-refractivity contribution >= 4 is 9.84 Å². The second kappa shape index (κ2) is 7.42. The Morgan fingerprint density at radius 3 is 2.43 bits per heavy atom. The summed E-state index contributed by atoms with van der Waals surface area (Å²) in [4.78, 5) is 2.43. The highest BCUT2D eigenvalue weighted by molar-refractivity contribution is 7.91. The fourth-order valence-electron chi connectivity index (χ4n) is 3.96. The van der Waals surface area contributed by atoms with Crippen LogP contribution in [0.15, 0.2) is 0 Å². The molecule has 1 N–H and O–H groups in total. The Morgan fingerprint density at radius 2 is 1.86 bits per heavy atom. The van der Waals surface area contributed by atoms with E-state index in [1.807, 2.05) is 0 Å². The van der Waals surface area contributed by atoms with Gasteiger partial charge in [0.25, 0.3) is 0 Å². The van der Waals surface area contributed by atoms with Crippen molar-refractivity contribution in [1.29, 1.82) is 0 Å². The smallest absolute Gasteiger partial charge is 0.153 e. The Labute approximate surface area is 130 Å². The molecule has 0 radical (unpaired) electrons. The molecule has 0 amide bonds. The molecule has 0 bridgehead atoms. The predicted octanol–water partition coefficient (Wildman–Crippen LogP) is 2.06. The first-order chi connectivity index (χ1) is 9.96. The maximum atomic E-state index is 11.8. The van der Waals surface area contributed by atoms with Crippen LogP contribution in [0, 0.1) is 5.41 Å². The Kier molecular flexibility index (Phi) is 6.09. The van der Waals surface area contributed by atoms with Gasteiger partial charge in [0.1, 0.15) is 0 Å². The zero-order chi connectivity index (χ0) is 15.3. The number of sulfone groups is 1. The Balaban J connectivity index is 2.03. The molecule has 5 heteroatoms. The van der Waals surface area contributed by atoms with Gasteiger partial charge in [0.15, 0.2) is 9.84 Å². The summed E-state index contributed by atoms with van der Waals surface area (Å²) in [6.45, 7) is 8.13. The van der Waals surface area contributed by atoms with Crippen molar-refractivity contribution in [2.45, 2.75) is 58.4 Å². The number of nitrogens with one attached hydrogen (secondary N) is 1. The fourth-order valence-corrected chi connectivity index (χ4v) is 5.58. The first-order valence-electron chi connectivity index (χ1n) is 8.62. The van der Waals surface area contributed by atoms with Gasteiger partial charge in [-0.1, -0.05) is 32.6 Å². The summed E-state index contributed by atoms with van der Waals surface area (Å²) in [5, 5.41) is 3.56. The van der Waals surface area contributed by atoms with Crippen molar-refractivity contribution in [3.8, 4) is 0 Å². The number of hydrogen-bond donors (Lipinski definition) is 1. The molecule has 1 heterocycles. The average Bonchev–Trinajstić information content (AvgIpc) is 2.66. The molecule has 21 heavy (non-hydrogen) atoms. The third-order valence-corrected chi connectivity index (χ3v) is 7.06. The van der Waals surface area contributed by atoms with Crippen LogP contribution in [0.5, 0.6) is 0 Å². The summed E-state index contributed by atoms with van der Waals surface area (Å²) in [5.74, 6) is 0.679. The van der Waals surface area contributed by atoms with Crippen LogP contribution in [0.25, 0.3) is 0 Å². The predicted molar refractivity (Wildman–Crippen MR) is 88.4 cm³/mol. The van der Waals surface area contributed by atoms with Gasteiger partial charge < -0.3 is 5.32 Å². The summed E-state index contributed by atoms with van der Waals surface area (Å²) in [6, 6.07) is 0.172. The summed E-state index contributed by atoms with van der Waals surface area (Å²) < 4.78 is 23.5. The van der Waals surface area contributed by atoms with Crippen molar-refractivity contribution in [3.63, 3.8) is 0 Å². The molecule has 1 unspecified atom stereocenters. The van der Waals surface area contributed by atoms with Crippen molar-refractivity contribution < 1.29 is 8.42 Å². The Morgan fingerprint density at radius 1 is 1.19 bits per heavy atom. The van der Waals surface area contributed by atoms with Crippen molar-refractivity contribution in [2.24, 2.45) is 5.41 Å². The minimum Gasteiger partial charge on any atom is -0.316 e. The first kappa shape index (κ1) is 17.2. The fraction of sp³-hybridized carbons (Fsp3) is 1.00. The van der Waals surface area contributed by atoms with Crippen LogP contribution in [0.3, 0.4) is 0 Å². The van der Waals surface area contributed by atoms with Crippen molar-refractivity contribution in [2.75, 3.05) is 37.7 Å². The van der Waals surface area contributed by atoms with Crippen LogP contribution in [0.2, 0.25) is 0 Å². The lowest BCUT2D eigenvalue weighted by Gasteiger charge is -2.42. The molecular formula is C16H32N2O2S. The van der Waals surface area contributed by atoms with E-state index in [0.717, 1.165) is 26.2 Å². The summed E-state index contributed by atoms with van der Waals surface area (Å²) in [7, 11) is -2.81. The number of nitrogens with zero attached hydrogens (tertiary/aromatic N) is 1. The first-order valence-corrected chi connectivity index (χ1v) is 10.4. The topological polar surface area (TPSA) is 49.4 Å². The van der Waals surface area contributed by atoms with Crippen LogP contribution in [0.1, 0.15) is 52.4 Å². The monoisotopic (exact) mass is 316 g/mol. The van der Waals surface area contributed by atoms with Gasteiger partial charge >= 0.3 is 0 Å². The van der Waals surface area contributed by atoms with Crippen LogP contribution in [-0.4, -0.2) is 57.0 Å². The SMILES string of the molecule is CCNCC1(CN2CCS(=O)(=O)CC2C)CCCCCC1. The minimum atomic E-state index is -2.81. The molecule has 1 aliphatic carbocycles. The van der Waals surface area contributed by atoms with Crippen molar-refractivity contribution in [3.05, 3.63) is 0 Å². The zero-order valence-corrected chi connectivity index (χ0v) is 14.6. The van der Waals surface area contributed by atoms with Gasteiger partial charge in [-0.3, -0.25) is 4.90 Å². The molecule has 0 aromatic carbocycles. The molecule has 2 aliphatic rings. The van der Waals surface area contributed by atoms with Crippen LogP contribution in [0.4, 0.5) is 0 Å². The van der Waals surface area contributed by atoms with E-state index < -0.39 is 9.84 Å². The van der Waals surface area contributed by atoms with E-state index in [2.05, 4.69) is 24.1 Å². The zero-order valence-electron chi connectivity index (χ0n) is 13.7. The second-order valence-corrected chi connectivity index (χ2v) is 9.36. The third-order valence-electron chi connectivity index (χ3n) is 5.26. The van der Waals surface area contributed by atoms with E-state index in [4.69, 9.17) is 0 Å². The van der Waals surface area contributed by atoms with E-state index in [1.54, 1.807) is 0 Å². The lowest BCUT2D eigenvalue weighted by atomic mass is 9.79. The number of rotatable bonds is 5. The van der Waals surface area contributed by atoms with Crippen LogP contribution < -0.4 is 5.32 Å². The van der Waals surface area contributed by atoms with Gasteiger partial charge in [0, 0.05) is 25.7 Å². The molecular weight excluding hydrogens is 284 g/mol. The van der Waals surface area contributed by atoms with E-state index in [1.165, 1.54) is 38.5 Å². The van der Waals surface area contributed by atoms with Crippen LogP contribution in [-0.2, 0) is 9.84 Å². The molecule has 0 aromatic rings. The van der Waals surface area contributed by atoms with E-state index in [0.29, 0.717) is 16.9 Å². The Bertz CT molecular complexity index is 414. The summed E-state index contributed by atoms with van der Waals surface area (Å²) in [5.41, 5.74) is 0.349. The standard InChI is InChI=1S/C16H32N2O2S/c1-3-17-13-16(8-6-4-5-7-9-16)14-18-10-11-21(19,20)12-15(18)2/h15,17H,3-14H2,1-2H3. The number of hydrogen-bond acceptors (Lipinski definition) is 4. The summed E-state index contributed by atoms with van der Waals surface area (Å²) in [6.07, 6.45) is 7.94. The lowest BCUT2D eigenvalue weighted by Crippen LogP contribution is -2.53. The van der Waals surface area contributed by atoms with Crippen LogP contribution >= 0.6 is 0 Å². The lowest BCUT2D eigenvalue weighted by molar-refractivity contribution is 0.106. The van der Waals surface area contributed by atoms with Gasteiger partial charge in [-0.15, -0.1) is 0 Å². The normalized spacial score (nSPS) is 29.9. The molecule has 2 fully saturated rings. The molecule has 1 saturated heterocycles. The molecule has 1 aliphatic heterocycles. The summed E-state index contributed by atoms with van der Waals surface area (Å²) >= 11 is 0. The molecule has 2 rings (SSSR count). The van der Waals surface area contributed by atoms with Crippen molar-refractivity contribution in [1.82, 2.24) is 10.2 Å². The van der Waals surface area contributed by atoms with E-state index in [-0.39, 0.29) is 6.04 Å². The molecule has 1 saturated carbocycles. The maximum absolute atomic E-state index is 11.8. The molecule has 124 valence electrons. The van der Waals surface area contributed by atoms with E-state index in [9.17, 15) is 8.42 Å².